The fourth-order valence-corrected chi connectivity index (χ4v) is 7.04. The Morgan fingerprint density at radius 3 is 0.293 bits per heavy atom. The van der Waals surface area contributed by atoms with Gasteiger partial charge in [-0.3, -0.25) is 38.4 Å². The summed E-state index contributed by atoms with van der Waals surface area (Å²) in [6.07, 6.45) is 47.1. The van der Waals surface area contributed by atoms with Crippen LogP contribution in [0, 0.1) is 0 Å². The van der Waals surface area contributed by atoms with E-state index in [1.165, 1.54) is 154 Å². The van der Waals surface area contributed by atoms with E-state index in [0.29, 0.717) is 51.4 Å². The van der Waals surface area contributed by atoms with Crippen LogP contribution in [0.3, 0.4) is 0 Å². The molecule has 16 nitrogen and oxygen atoms in total. The molecular weight excluding hydrogens is 1220 g/mol. The van der Waals surface area contributed by atoms with Crippen LogP contribution in [0.25, 0.3) is 0 Å². The molecule has 0 atom stereocenters. The zero-order chi connectivity index (χ0) is 62.6. The second-order valence-corrected chi connectivity index (χ2v) is 20.5. The minimum absolute atomic E-state index is 0. The predicted molar refractivity (Wildman–Crippen MR) is 328 cm³/mol. The summed E-state index contributed by atoms with van der Waals surface area (Å²) in [6.45, 7) is 17.2. The minimum atomic E-state index is -0.670. The third-order valence-electron chi connectivity index (χ3n) is 12.0. The first-order valence-corrected chi connectivity index (χ1v) is 31.9. The van der Waals surface area contributed by atoms with Crippen LogP contribution >= 0.6 is 0 Å². The second-order valence-electron chi connectivity index (χ2n) is 20.5. The number of rotatable bonds is 48. The molecule has 0 heterocycles. The van der Waals surface area contributed by atoms with E-state index < -0.39 is 47.8 Å². The van der Waals surface area contributed by atoms with Crippen molar-refractivity contribution in [2.24, 2.45) is 0 Å². The molecular formula is C64H128Mo2O16. The molecule has 0 rings (SSSR count). The Hall–Kier alpha value is -2.86. The van der Waals surface area contributed by atoms with Crippen molar-refractivity contribution < 1.29 is 121 Å². The number of aliphatic carboxylic acids is 8. The molecule has 0 aromatic carbocycles. The average Bonchev–Trinajstić information content (AvgIpc) is 3.39. The summed E-state index contributed by atoms with van der Waals surface area (Å²) in [7, 11) is 0. The van der Waals surface area contributed by atoms with Crippen LogP contribution in [0.1, 0.15) is 364 Å². The smallest absolute Gasteiger partial charge is 0.303 e. The molecule has 0 radical (unpaired) electrons. The third kappa shape index (κ3) is 158. The van der Waals surface area contributed by atoms with Crippen molar-refractivity contribution in [3.8, 4) is 0 Å². The monoisotopic (exact) mass is 1350 g/mol. The fourth-order valence-electron chi connectivity index (χ4n) is 7.04. The SMILES string of the molecule is CCCCCCCC(=O)O.CCCCCCCC(=O)O.CCCCCCCC(=O)O.CCCCCCCC(=O)O.CCCCCCCC(=O)O.CCCCCCCC(=O)O.CCCCCCCC(=O)O.CCCCCCCC(=O)O.[Mo].[Mo]. The standard InChI is InChI=1S/8C8H16O2.2Mo/c8*1-2-3-4-5-6-7-8(9)10;;/h8*2-7H2,1H3,(H,9,10);;. The van der Waals surface area contributed by atoms with Gasteiger partial charge in [-0.2, -0.15) is 0 Å². The Kier molecular flexibility index (Phi) is 120. The molecule has 8 N–H and O–H groups in total. The van der Waals surface area contributed by atoms with E-state index in [1.807, 2.05) is 0 Å². The molecule has 0 unspecified atom stereocenters. The summed E-state index contributed by atoms with van der Waals surface area (Å²) in [6, 6.07) is 0. The normalized spacial score (nSPS) is 9.46. The summed E-state index contributed by atoms with van der Waals surface area (Å²) in [5.41, 5.74) is 0. The molecule has 0 bridgehead atoms. The molecule has 492 valence electrons. The molecule has 0 aromatic rings. The number of hydrogen-bond donors (Lipinski definition) is 8. The summed E-state index contributed by atoms with van der Waals surface area (Å²) < 4.78 is 0. The molecule has 82 heavy (non-hydrogen) atoms. The van der Waals surface area contributed by atoms with E-state index in [9.17, 15) is 38.4 Å². The van der Waals surface area contributed by atoms with Gasteiger partial charge in [-0.05, 0) is 51.4 Å². The first kappa shape index (κ1) is 101. The molecule has 0 amide bonds. The second kappa shape index (κ2) is 97.3. The fraction of sp³-hybridized carbons (Fsp3) is 0.875. The largest absolute Gasteiger partial charge is 0.481 e. The van der Waals surface area contributed by atoms with Gasteiger partial charge in [-0.25, -0.2) is 0 Å². The Balaban J connectivity index is -0.0000000900. The Bertz CT molecular complexity index is 1020. The van der Waals surface area contributed by atoms with Gasteiger partial charge in [-0.1, -0.05) is 261 Å². The van der Waals surface area contributed by atoms with E-state index in [1.54, 1.807) is 0 Å². The van der Waals surface area contributed by atoms with Gasteiger partial charge in [0.25, 0.3) is 0 Å². The number of carboxylic acid groups (broad SMARTS) is 8. The van der Waals surface area contributed by atoms with Crippen LogP contribution in [-0.4, -0.2) is 88.6 Å². The summed E-state index contributed by atoms with van der Waals surface area (Å²) >= 11 is 0. The maximum atomic E-state index is 10.0. The zero-order valence-electron chi connectivity index (χ0n) is 53.6. The van der Waals surface area contributed by atoms with Crippen molar-refractivity contribution in [3.05, 3.63) is 0 Å². The van der Waals surface area contributed by atoms with Crippen molar-refractivity contribution in [2.45, 2.75) is 364 Å². The number of unbranched alkanes of at least 4 members (excludes halogenated alkanes) is 32. The Morgan fingerprint density at radius 1 is 0.159 bits per heavy atom. The van der Waals surface area contributed by atoms with Crippen LogP contribution in [0.2, 0.25) is 0 Å². The van der Waals surface area contributed by atoms with Crippen LogP contribution in [0.15, 0.2) is 0 Å². The quantitative estimate of drug-likeness (QED) is 0.0207. The van der Waals surface area contributed by atoms with Gasteiger partial charge in [0.05, 0.1) is 0 Å². The molecule has 0 aliphatic heterocycles. The third-order valence-corrected chi connectivity index (χ3v) is 12.0. The van der Waals surface area contributed by atoms with E-state index in [2.05, 4.69) is 55.4 Å². The van der Waals surface area contributed by atoms with E-state index in [-0.39, 0.29) is 42.1 Å². The molecule has 0 saturated heterocycles. The van der Waals surface area contributed by atoms with Gasteiger partial charge in [0.2, 0.25) is 0 Å². The van der Waals surface area contributed by atoms with Crippen molar-refractivity contribution in [1.82, 2.24) is 0 Å². The molecule has 0 aromatic heterocycles. The summed E-state index contributed by atoms with van der Waals surface area (Å²) in [5, 5.41) is 66.2. The van der Waals surface area contributed by atoms with E-state index >= 15 is 0 Å². The predicted octanol–water partition coefficient (Wildman–Crippen LogP) is 19.4. The van der Waals surface area contributed by atoms with Gasteiger partial charge in [0, 0.05) is 93.5 Å². The van der Waals surface area contributed by atoms with Gasteiger partial charge in [0.1, 0.15) is 0 Å². The number of carbonyl (C=O) groups is 8. The molecule has 0 aliphatic rings. The molecule has 0 spiro atoms. The van der Waals surface area contributed by atoms with E-state index in [0.717, 1.165) is 103 Å². The van der Waals surface area contributed by atoms with Gasteiger partial charge in [0.15, 0.2) is 0 Å². The van der Waals surface area contributed by atoms with Crippen LogP contribution in [-0.2, 0) is 80.5 Å². The minimum Gasteiger partial charge on any atom is -0.481 e. The maximum Gasteiger partial charge on any atom is 0.303 e. The van der Waals surface area contributed by atoms with Gasteiger partial charge < -0.3 is 40.9 Å². The van der Waals surface area contributed by atoms with Crippen molar-refractivity contribution in [2.75, 3.05) is 0 Å². The number of carboxylic acids is 8. The summed E-state index contributed by atoms with van der Waals surface area (Å²) in [5.74, 6) is -5.36. The summed E-state index contributed by atoms with van der Waals surface area (Å²) in [4.78, 5) is 80.3. The molecule has 0 aliphatic carbocycles. The van der Waals surface area contributed by atoms with Crippen molar-refractivity contribution >= 4 is 47.8 Å². The van der Waals surface area contributed by atoms with Crippen molar-refractivity contribution in [1.29, 1.82) is 0 Å². The first-order valence-electron chi connectivity index (χ1n) is 31.9. The number of hydrogen-bond acceptors (Lipinski definition) is 8. The Morgan fingerprint density at radius 2 is 0.232 bits per heavy atom. The topological polar surface area (TPSA) is 298 Å². The van der Waals surface area contributed by atoms with Crippen LogP contribution < -0.4 is 0 Å². The van der Waals surface area contributed by atoms with Gasteiger partial charge >= 0.3 is 47.8 Å². The maximum absolute atomic E-state index is 10.0. The van der Waals surface area contributed by atoms with E-state index in [4.69, 9.17) is 40.9 Å². The molecule has 0 saturated carbocycles. The Labute approximate surface area is 529 Å². The van der Waals surface area contributed by atoms with Gasteiger partial charge in [-0.15, -0.1) is 0 Å². The van der Waals surface area contributed by atoms with Crippen molar-refractivity contribution in [3.63, 3.8) is 0 Å². The van der Waals surface area contributed by atoms with Crippen LogP contribution in [0.5, 0.6) is 0 Å². The molecule has 0 fully saturated rings. The van der Waals surface area contributed by atoms with Crippen LogP contribution in [0.4, 0.5) is 0 Å². The molecule has 18 heteroatoms. The first-order chi connectivity index (χ1) is 38.2. The zero-order valence-corrected chi connectivity index (χ0v) is 57.6. The average molecular weight is 1350 g/mol.